The fraction of sp³-hybridized carbons (Fsp3) is 0.316. The second kappa shape index (κ2) is 6.92. The van der Waals surface area contributed by atoms with Crippen LogP contribution in [0.1, 0.15) is 29.5 Å². The zero-order valence-electron chi connectivity index (χ0n) is 14.2. The first-order valence-corrected chi connectivity index (χ1v) is 9.62. The lowest BCUT2D eigenvalue weighted by atomic mass is 9.91. The Morgan fingerprint density at radius 3 is 2.69 bits per heavy atom. The van der Waals surface area contributed by atoms with E-state index in [9.17, 15) is 14.4 Å². The van der Waals surface area contributed by atoms with Gasteiger partial charge in [0.1, 0.15) is 0 Å². The van der Waals surface area contributed by atoms with Crippen LogP contribution in [0.25, 0.3) is 0 Å². The third-order valence-corrected chi connectivity index (χ3v) is 5.50. The summed E-state index contributed by atoms with van der Waals surface area (Å²) in [6, 6.07) is 5.67. The Balaban J connectivity index is 1.47. The maximum atomic E-state index is 12.2. The lowest BCUT2D eigenvalue weighted by Gasteiger charge is -2.35. The molecule has 0 spiro atoms. The lowest BCUT2D eigenvalue weighted by Crippen LogP contribution is -2.39. The molecule has 2 aromatic rings. The van der Waals surface area contributed by atoms with Gasteiger partial charge < -0.3 is 15.5 Å². The molecule has 3 amide bonds. The molecule has 0 fully saturated rings. The zero-order valence-corrected chi connectivity index (χ0v) is 15.0. The third-order valence-electron chi connectivity index (χ3n) is 4.77. The van der Waals surface area contributed by atoms with Crippen LogP contribution in [-0.4, -0.2) is 24.3 Å². The molecule has 7 heteroatoms. The van der Waals surface area contributed by atoms with Gasteiger partial charge in [-0.3, -0.25) is 14.4 Å². The van der Waals surface area contributed by atoms with E-state index in [2.05, 4.69) is 10.6 Å². The van der Waals surface area contributed by atoms with Crippen LogP contribution in [0.15, 0.2) is 29.0 Å². The molecule has 0 aliphatic carbocycles. The van der Waals surface area contributed by atoms with Gasteiger partial charge in [-0.1, -0.05) is 0 Å². The monoisotopic (exact) mass is 369 g/mol. The van der Waals surface area contributed by atoms with Crippen molar-refractivity contribution >= 4 is 40.4 Å². The van der Waals surface area contributed by atoms with E-state index >= 15 is 0 Å². The number of hydrogen-bond donors (Lipinski definition) is 2. The van der Waals surface area contributed by atoms with Crippen LogP contribution < -0.4 is 15.5 Å². The number of nitrogens with zero attached hydrogens (tertiary/aromatic N) is 1. The quantitative estimate of drug-likeness (QED) is 0.815. The summed E-state index contributed by atoms with van der Waals surface area (Å²) in [6.07, 6.45) is 2.95. The smallest absolute Gasteiger partial charge is 0.313 e. The summed E-state index contributed by atoms with van der Waals surface area (Å²) in [5, 5.41) is 9.17. The standard InChI is InChI=1S/C19H19N3O3S/c23-16-4-3-14-9-15(8-13-2-1-6-22(16)17(13)14)21-19(25)18(24)20-10-12-5-7-26-11-12/h5,7-9,11H,1-4,6,10H2,(H,20,24)(H,21,25). The molecule has 0 atom stereocenters. The van der Waals surface area contributed by atoms with Gasteiger partial charge in [0.15, 0.2) is 0 Å². The van der Waals surface area contributed by atoms with Crippen LogP contribution in [0.2, 0.25) is 0 Å². The number of nitrogens with one attached hydrogen (secondary N) is 2. The van der Waals surface area contributed by atoms with Crippen LogP contribution in [0.4, 0.5) is 11.4 Å². The van der Waals surface area contributed by atoms with Crippen molar-refractivity contribution in [2.45, 2.75) is 32.2 Å². The maximum absolute atomic E-state index is 12.2. The average Bonchev–Trinajstić information content (AvgIpc) is 3.16. The molecule has 4 rings (SSSR count). The third kappa shape index (κ3) is 3.22. The van der Waals surface area contributed by atoms with Crippen molar-refractivity contribution in [3.05, 3.63) is 45.6 Å². The Morgan fingerprint density at radius 2 is 1.92 bits per heavy atom. The minimum atomic E-state index is -0.674. The first-order valence-electron chi connectivity index (χ1n) is 8.68. The lowest BCUT2D eigenvalue weighted by molar-refractivity contribution is -0.136. The highest BCUT2D eigenvalue weighted by atomic mass is 32.1. The second-order valence-electron chi connectivity index (χ2n) is 6.56. The first kappa shape index (κ1) is 16.8. The Bertz CT molecular complexity index is 859. The van der Waals surface area contributed by atoms with Gasteiger partial charge in [0.2, 0.25) is 5.91 Å². The Kier molecular flexibility index (Phi) is 4.46. The number of thiophene rings is 1. The first-order chi connectivity index (χ1) is 12.6. The summed E-state index contributed by atoms with van der Waals surface area (Å²) in [5.74, 6) is -1.16. The minimum absolute atomic E-state index is 0.169. The molecule has 0 unspecified atom stereocenters. The predicted molar refractivity (Wildman–Crippen MR) is 100 cm³/mol. The summed E-state index contributed by atoms with van der Waals surface area (Å²) in [6.45, 7) is 1.10. The minimum Gasteiger partial charge on any atom is -0.344 e. The number of carbonyl (C=O) groups excluding carboxylic acids is 3. The van der Waals surface area contributed by atoms with Gasteiger partial charge in [0.05, 0.1) is 5.69 Å². The van der Waals surface area contributed by atoms with Gasteiger partial charge in [-0.25, -0.2) is 0 Å². The van der Waals surface area contributed by atoms with Gasteiger partial charge >= 0.3 is 11.8 Å². The predicted octanol–water partition coefficient (Wildman–Crippen LogP) is 2.23. The highest BCUT2D eigenvalue weighted by molar-refractivity contribution is 7.07. The Morgan fingerprint density at radius 1 is 1.12 bits per heavy atom. The van der Waals surface area contributed by atoms with Gasteiger partial charge in [-0.2, -0.15) is 11.3 Å². The summed E-state index contributed by atoms with van der Waals surface area (Å²) < 4.78 is 0. The highest BCUT2D eigenvalue weighted by Crippen LogP contribution is 2.37. The summed E-state index contributed by atoms with van der Waals surface area (Å²) in [7, 11) is 0. The van der Waals surface area contributed by atoms with Crippen molar-refractivity contribution < 1.29 is 14.4 Å². The van der Waals surface area contributed by atoms with Crippen molar-refractivity contribution in [2.75, 3.05) is 16.8 Å². The van der Waals surface area contributed by atoms with E-state index < -0.39 is 11.8 Å². The Labute approximate surface area is 155 Å². The van der Waals surface area contributed by atoms with E-state index in [4.69, 9.17) is 0 Å². The number of carbonyl (C=O) groups is 3. The largest absolute Gasteiger partial charge is 0.344 e. The molecule has 2 aliphatic rings. The van der Waals surface area contributed by atoms with E-state index in [-0.39, 0.29) is 5.91 Å². The van der Waals surface area contributed by atoms with Crippen molar-refractivity contribution in [1.82, 2.24) is 5.32 Å². The molecule has 6 nitrogen and oxygen atoms in total. The van der Waals surface area contributed by atoms with Gasteiger partial charge in [0.25, 0.3) is 0 Å². The second-order valence-corrected chi connectivity index (χ2v) is 7.34. The topological polar surface area (TPSA) is 78.5 Å². The fourth-order valence-electron chi connectivity index (χ4n) is 3.57. The zero-order chi connectivity index (χ0) is 18.1. The molecule has 0 radical (unpaired) electrons. The van der Waals surface area contributed by atoms with Crippen LogP contribution in [0, 0.1) is 0 Å². The fourth-order valence-corrected chi connectivity index (χ4v) is 4.24. The summed E-state index contributed by atoms with van der Waals surface area (Å²) in [5.41, 5.74) is 4.73. The van der Waals surface area contributed by atoms with Crippen LogP contribution in [0.3, 0.4) is 0 Å². The summed E-state index contributed by atoms with van der Waals surface area (Å²) in [4.78, 5) is 38.2. The molecular weight excluding hydrogens is 350 g/mol. The van der Waals surface area contributed by atoms with E-state index in [0.29, 0.717) is 25.1 Å². The number of rotatable bonds is 3. The van der Waals surface area contributed by atoms with Crippen molar-refractivity contribution in [3.8, 4) is 0 Å². The average molecular weight is 369 g/mol. The number of hydrogen-bond acceptors (Lipinski definition) is 4. The number of aryl methyl sites for hydroxylation is 2. The normalized spacial score (nSPS) is 15.4. The van der Waals surface area contributed by atoms with E-state index in [0.717, 1.165) is 41.8 Å². The molecule has 0 saturated heterocycles. The summed E-state index contributed by atoms with van der Waals surface area (Å²) >= 11 is 1.55. The molecule has 26 heavy (non-hydrogen) atoms. The number of benzene rings is 1. The molecule has 2 aliphatic heterocycles. The van der Waals surface area contributed by atoms with Gasteiger partial charge in [0, 0.05) is 25.2 Å². The molecule has 0 bridgehead atoms. The van der Waals surface area contributed by atoms with E-state index in [1.807, 2.05) is 33.9 Å². The van der Waals surface area contributed by atoms with Crippen LogP contribution >= 0.6 is 11.3 Å². The molecule has 134 valence electrons. The van der Waals surface area contributed by atoms with Crippen LogP contribution in [-0.2, 0) is 33.8 Å². The molecule has 3 heterocycles. The number of amides is 3. The molecule has 0 saturated carbocycles. The SMILES string of the molecule is O=C(NCc1ccsc1)C(=O)Nc1cc2c3c(c1)CCC(=O)N3CCC2. The molecular formula is C19H19N3O3S. The van der Waals surface area contributed by atoms with Gasteiger partial charge in [-0.15, -0.1) is 0 Å². The van der Waals surface area contributed by atoms with Gasteiger partial charge in [-0.05, 0) is 64.9 Å². The highest BCUT2D eigenvalue weighted by Gasteiger charge is 2.29. The van der Waals surface area contributed by atoms with Crippen molar-refractivity contribution in [2.24, 2.45) is 0 Å². The van der Waals surface area contributed by atoms with E-state index in [1.54, 1.807) is 11.3 Å². The van der Waals surface area contributed by atoms with Crippen LogP contribution in [0.5, 0.6) is 0 Å². The number of anilines is 2. The van der Waals surface area contributed by atoms with E-state index in [1.165, 1.54) is 0 Å². The van der Waals surface area contributed by atoms with Crippen molar-refractivity contribution in [1.29, 1.82) is 0 Å². The Hall–Kier alpha value is -2.67. The maximum Gasteiger partial charge on any atom is 0.313 e. The molecule has 1 aromatic carbocycles. The molecule has 1 aromatic heterocycles. The van der Waals surface area contributed by atoms with Crippen molar-refractivity contribution in [3.63, 3.8) is 0 Å². The molecule has 2 N–H and O–H groups in total.